The second-order valence-corrected chi connectivity index (χ2v) is 21.5. The summed E-state index contributed by atoms with van der Waals surface area (Å²) in [6.45, 7) is 0. The first kappa shape index (κ1) is 45.3. The van der Waals surface area contributed by atoms with Crippen molar-refractivity contribution in [2.24, 2.45) is 0 Å². The highest BCUT2D eigenvalue weighted by molar-refractivity contribution is 7.28. The van der Waals surface area contributed by atoms with Gasteiger partial charge in [-0.05, 0) is 61.8 Å². The van der Waals surface area contributed by atoms with E-state index in [1.807, 2.05) is 22.7 Å². The van der Waals surface area contributed by atoms with Crippen molar-refractivity contribution < 1.29 is 0 Å². The van der Waals surface area contributed by atoms with Crippen molar-refractivity contribution in [3.8, 4) is 44.6 Å². The average molecular weight is 833 g/mol. The Kier molecular flexibility index (Phi) is 11.3. The van der Waals surface area contributed by atoms with Crippen molar-refractivity contribution >= 4 is 329 Å². The quantitative estimate of drug-likeness (QED) is 0.165. The molecule has 9 aromatic rings. The molecule has 0 atom stereocenters. The molecule has 0 radical (unpaired) electrons. The number of hydrogen-bond acceptors (Lipinski definition) is 4. The molecule has 3 aromatic heterocycles. The lowest BCUT2D eigenvalue weighted by Crippen LogP contribution is -2.55. The summed E-state index contributed by atoms with van der Waals surface area (Å²) in [5.74, 6) is 0. The van der Waals surface area contributed by atoms with Gasteiger partial charge in [0.15, 0.2) is 0 Å². The third-order valence-electron chi connectivity index (χ3n) is 16.9. The lowest BCUT2D eigenvalue weighted by Gasteiger charge is -2.29. The first-order valence-electron chi connectivity index (χ1n) is 23.0. The van der Waals surface area contributed by atoms with E-state index in [1.54, 1.807) is 6.33 Å². The Balaban J connectivity index is 1.32. The Morgan fingerprint density at radius 3 is 1.30 bits per heavy atom. The van der Waals surface area contributed by atoms with Gasteiger partial charge in [-0.2, -0.15) is 0 Å². The number of fused-ring (bicyclic) bond motifs is 6. The van der Waals surface area contributed by atoms with Gasteiger partial charge in [-0.1, -0.05) is 71.6 Å². The van der Waals surface area contributed by atoms with Crippen LogP contribution in [-0.4, -0.2) is 167 Å². The fourth-order valence-corrected chi connectivity index (χ4v) is 14.4. The van der Waals surface area contributed by atoms with Crippen LogP contribution in [0.15, 0.2) is 24.5 Å². The monoisotopic (exact) mass is 836 g/mol. The summed E-state index contributed by atoms with van der Waals surface area (Å²) in [4.78, 5) is 10.2. The zero-order valence-corrected chi connectivity index (χ0v) is 43.7. The van der Waals surface area contributed by atoms with Gasteiger partial charge in [0.05, 0.1) is 15.9 Å². The third kappa shape index (κ3) is 6.19. The van der Waals surface area contributed by atoms with Crippen molar-refractivity contribution in [2.45, 2.75) is 0 Å². The summed E-state index contributed by atoms with van der Waals surface area (Å²) in [6, 6.07) is 7.01. The average Bonchev–Trinajstić information content (AvgIpc) is 3.86. The fourth-order valence-electron chi connectivity index (χ4n) is 11.6. The van der Waals surface area contributed by atoms with Crippen LogP contribution in [0.3, 0.4) is 0 Å². The molecule has 6 aromatic carbocycles. The van der Waals surface area contributed by atoms with Gasteiger partial charge in [0, 0.05) is 19.5 Å². The molecule has 0 fully saturated rings. The van der Waals surface area contributed by atoms with E-state index in [4.69, 9.17) is 9.97 Å². The van der Waals surface area contributed by atoms with Crippen molar-refractivity contribution in [2.75, 3.05) is 0 Å². The summed E-state index contributed by atoms with van der Waals surface area (Å²) in [5, 5.41) is 4.10. The number of benzene rings is 6. The number of aromatic nitrogens is 2. The Hall–Kier alpha value is -3.86. The fraction of sp³-hybridized carbons (Fsp3) is 0. The van der Waals surface area contributed by atoms with E-state index < -0.39 is 0 Å². The van der Waals surface area contributed by atoms with Gasteiger partial charge < -0.3 is 0 Å². The largest absolute Gasteiger partial charge is 0.235 e. The van der Waals surface area contributed by atoms with Crippen LogP contribution < -0.4 is 109 Å². The standard InChI is InChI=1S/C40H44B20N2S2/c41-16-9(20(45)27(52)22(47)11(16)12-23(48)29(54)24(49)13-14-25(50)32(57)34(59)35(60)39(14)64-38(12)13)10-17(42)15(26(51)28(53)21(10)46)37-40-36(61-4-62-37)6-3-5(1-2-7(6)63-40)8-18(43)30(55)33(58)31(56)19(8)44/h1-4H,41-60H2. The Morgan fingerprint density at radius 1 is 0.312 bits per heavy atom. The topological polar surface area (TPSA) is 25.8 Å². The SMILES string of the molecule is Bc1c(B)c(B)c(-c2ccc3sc4c(-c5c(B)c(B)c(B)c(-c6c(B)c(B)c(B)c(-c7c(B)c(B)c(B)c8c7sc7c(B)c(B)c(B)c(B)c78)c6B)c5B)ncnc4c3c2)c(B)c1B. The summed E-state index contributed by atoms with van der Waals surface area (Å²) in [6.07, 6.45) is 1.80. The number of hydrogen-bond donors (Lipinski definition) is 0. The highest BCUT2D eigenvalue weighted by Crippen LogP contribution is 2.39. The van der Waals surface area contributed by atoms with Crippen LogP contribution in [-0.2, 0) is 0 Å². The van der Waals surface area contributed by atoms with Gasteiger partial charge in [-0.3, -0.25) is 0 Å². The second kappa shape index (κ2) is 15.9. The van der Waals surface area contributed by atoms with Crippen molar-refractivity contribution in [1.29, 1.82) is 0 Å². The minimum absolute atomic E-state index is 1.04. The molecule has 0 spiro atoms. The number of nitrogens with zero attached hydrogens (tertiary/aromatic N) is 2. The van der Waals surface area contributed by atoms with Crippen molar-refractivity contribution in [3.05, 3.63) is 24.5 Å². The highest BCUT2D eigenvalue weighted by Gasteiger charge is 2.28. The third-order valence-corrected chi connectivity index (χ3v) is 19.4. The van der Waals surface area contributed by atoms with Crippen LogP contribution >= 0.6 is 22.7 Å². The second-order valence-electron chi connectivity index (χ2n) is 19.5. The molecule has 0 aliphatic rings. The number of rotatable bonds is 4. The summed E-state index contributed by atoms with van der Waals surface area (Å²) in [5.41, 5.74) is 38.9. The van der Waals surface area contributed by atoms with Crippen LogP contribution in [0, 0.1) is 0 Å². The lowest BCUT2D eigenvalue weighted by molar-refractivity contribution is 1.24. The molecule has 2 nitrogen and oxygen atoms in total. The molecule has 0 aliphatic heterocycles. The molecule has 9 rings (SSSR count). The predicted molar refractivity (Wildman–Crippen MR) is 353 cm³/mol. The first-order chi connectivity index (χ1) is 30.1. The summed E-state index contributed by atoms with van der Waals surface area (Å²) < 4.78 is 5.26. The Morgan fingerprint density at radius 2 is 0.719 bits per heavy atom. The maximum Gasteiger partial charge on any atom is 0.140 e. The minimum atomic E-state index is 1.04. The van der Waals surface area contributed by atoms with Gasteiger partial charge in [0.25, 0.3) is 0 Å². The van der Waals surface area contributed by atoms with Gasteiger partial charge in [-0.15, -0.1) is 66.4 Å². The molecule has 0 unspecified atom stereocenters. The zero-order valence-electron chi connectivity index (χ0n) is 42.0. The van der Waals surface area contributed by atoms with Gasteiger partial charge in [-0.25, -0.2) is 9.97 Å². The lowest BCUT2D eigenvalue weighted by atomic mass is 9.56. The minimum Gasteiger partial charge on any atom is -0.235 e. The van der Waals surface area contributed by atoms with Crippen LogP contribution in [0.25, 0.3) is 85.1 Å². The van der Waals surface area contributed by atoms with Crippen LogP contribution in [0.1, 0.15) is 0 Å². The molecule has 64 heavy (non-hydrogen) atoms. The number of thiophene rings is 2. The van der Waals surface area contributed by atoms with Gasteiger partial charge in [0.1, 0.15) is 163 Å². The predicted octanol–water partition coefficient (Wildman–Crippen LogP) is -23.0. The molecule has 0 bridgehead atoms. The molecule has 3 heterocycles. The molecule has 0 amide bonds. The smallest absolute Gasteiger partial charge is 0.140 e. The van der Waals surface area contributed by atoms with E-state index in [1.165, 1.54) is 178 Å². The van der Waals surface area contributed by atoms with E-state index in [2.05, 4.69) is 175 Å². The van der Waals surface area contributed by atoms with Gasteiger partial charge in [0.2, 0.25) is 0 Å². The van der Waals surface area contributed by atoms with Crippen LogP contribution in [0.5, 0.6) is 0 Å². The Bertz CT molecular complexity index is 3610. The van der Waals surface area contributed by atoms with Gasteiger partial charge >= 0.3 is 0 Å². The van der Waals surface area contributed by atoms with Crippen LogP contribution in [0.4, 0.5) is 0 Å². The van der Waals surface area contributed by atoms with E-state index in [9.17, 15) is 0 Å². The molecule has 0 N–H and O–H groups in total. The maximum absolute atomic E-state index is 5.19. The van der Waals surface area contributed by atoms with E-state index in [0.717, 1.165) is 15.9 Å². The summed E-state index contributed by atoms with van der Waals surface area (Å²) in [7, 11) is 46.5. The molecule has 286 valence electrons. The van der Waals surface area contributed by atoms with E-state index >= 15 is 0 Å². The molecular weight excluding hydrogens is 789 g/mol. The molecule has 0 saturated heterocycles. The van der Waals surface area contributed by atoms with E-state index in [0.29, 0.717) is 0 Å². The van der Waals surface area contributed by atoms with Crippen molar-refractivity contribution in [1.82, 2.24) is 9.97 Å². The Labute approximate surface area is 405 Å². The molecule has 24 heteroatoms. The molecule has 0 saturated carbocycles. The molecular formula is C40H44B20N2S2. The van der Waals surface area contributed by atoms with Crippen molar-refractivity contribution in [3.63, 3.8) is 0 Å². The first-order valence-corrected chi connectivity index (χ1v) is 24.7. The van der Waals surface area contributed by atoms with Crippen LogP contribution in [0.2, 0.25) is 0 Å². The maximum atomic E-state index is 5.19. The molecule has 0 aliphatic carbocycles. The summed E-state index contributed by atoms with van der Waals surface area (Å²) >= 11 is 3.85. The normalized spacial score (nSPS) is 11.8. The zero-order chi connectivity index (χ0) is 46.4. The van der Waals surface area contributed by atoms with E-state index in [-0.39, 0.29) is 0 Å². The highest BCUT2D eigenvalue weighted by atomic mass is 32.1.